The zero-order chi connectivity index (χ0) is 28.8. The van der Waals surface area contributed by atoms with Crippen LogP contribution >= 0.6 is 0 Å². The van der Waals surface area contributed by atoms with E-state index in [1.165, 1.54) is 22.8 Å². The summed E-state index contributed by atoms with van der Waals surface area (Å²) in [6.07, 6.45) is 0.270. The Morgan fingerprint density at radius 2 is 1.77 bits per heavy atom. The van der Waals surface area contributed by atoms with E-state index in [2.05, 4.69) is 20.5 Å². The van der Waals surface area contributed by atoms with Crippen molar-refractivity contribution in [1.29, 1.82) is 0 Å². The number of hydrogen-bond acceptors (Lipinski definition) is 7. The first-order valence-corrected chi connectivity index (χ1v) is 13.0. The largest absolute Gasteiger partial charge is 0.451 e. The van der Waals surface area contributed by atoms with E-state index in [1.807, 2.05) is 0 Å². The Kier molecular flexibility index (Phi) is 7.04. The molecule has 40 heavy (non-hydrogen) atoms. The molecule has 0 unspecified atom stereocenters. The molecule has 0 bridgehead atoms. The molecular weight excluding hydrogens is 535 g/mol. The molecule has 1 aliphatic heterocycles. The van der Waals surface area contributed by atoms with Gasteiger partial charge in [-0.15, -0.1) is 10.2 Å². The van der Waals surface area contributed by atoms with Crippen molar-refractivity contribution in [1.82, 2.24) is 43.7 Å². The van der Waals surface area contributed by atoms with E-state index in [0.717, 1.165) is 22.0 Å². The van der Waals surface area contributed by atoms with Gasteiger partial charge in [0.15, 0.2) is 11.3 Å². The third-order valence-corrected chi connectivity index (χ3v) is 7.97. The Labute approximate surface area is 225 Å². The summed E-state index contributed by atoms with van der Waals surface area (Å²) in [6, 6.07) is 0. The lowest BCUT2D eigenvalue weighted by Gasteiger charge is -2.33. The van der Waals surface area contributed by atoms with Crippen molar-refractivity contribution in [2.24, 2.45) is 19.5 Å². The average Bonchev–Trinajstić information content (AvgIpc) is 3.64. The second-order valence-corrected chi connectivity index (χ2v) is 10.6. The first-order chi connectivity index (χ1) is 18.9. The molecule has 16 heteroatoms. The smallest absolute Gasteiger partial charge is 0.354 e. The quantitative estimate of drug-likeness (QED) is 0.441. The monoisotopic (exact) mass is 565 g/mol. The number of nitrogens with zero attached hydrogens (tertiary/aromatic N) is 8. The van der Waals surface area contributed by atoms with Gasteiger partial charge in [0.2, 0.25) is 17.6 Å². The fourth-order valence-corrected chi connectivity index (χ4v) is 5.88. The van der Waals surface area contributed by atoms with Crippen molar-refractivity contribution >= 4 is 23.0 Å². The molecule has 3 aromatic rings. The maximum atomic E-state index is 13.2. The SMILES string of the molecule is Cn1c(=O)c2ncn(CCNC(=O)CC3(CC(=O)N4CCn5c(nnc5C(F)(F)F)C4)CCCC3)c2n(C)c1=O. The minimum Gasteiger partial charge on any atom is -0.354 e. The van der Waals surface area contributed by atoms with Crippen molar-refractivity contribution in [3.8, 4) is 0 Å². The van der Waals surface area contributed by atoms with Crippen LogP contribution in [0, 0.1) is 5.41 Å². The Morgan fingerprint density at radius 1 is 1.05 bits per heavy atom. The molecule has 1 N–H and O–H groups in total. The summed E-state index contributed by atoms with van der Waals surface area (Å²) in [7, 11) is 2.93. The van der Waals surface area contributed by atoms with Gasteiger partial charge in [0.1, 0.15) is 5.65 Å². The van der Waals surface area contributed by atoms with Gasteiger partial charge in [-0.1, -0.05) is 12.8 Å². The molecular formula is C24H30F3N9O4. The van der Waals surface area contributed by atoms with Gasteiger partial charge in [0.05, 0.1) is 12.9 Å². The summed E-state index contributed by atoms with van der Waals surface area (Å²) in [6.45, 7) is 0.509. The van der Waals surface area contributed by atoms with E-state index >= 15 is 0 Å². The highest BCUT2D eigenvalue weighted by molar-refractivity contribution is 5.80. The Morgan fingerprint density at radius 3 is 2.48 bits per heavy atom. The third kappa shape index (κ3) is 5.01. The highest BCUT2D eigenvalue weighted by atomic mass is 19.4. The first kappa shape index (κ1) is 27.6. The zero-order valence-electron chi connectivity index (χ0n) is 22.2. The lowest BCUT2D eigenvalue weighted by molar-refractivity contribution is -0.148. The van der Waals surface area contributed by atoms with E-state index in [9.17, 15) is 32.3 Å². The number of aryl methyl sites for hydroxylation is 1. The number of halogens is 3. The van der Waals surface area contributed by atoms with E-state index in [1.54, 1.807) is 11.6 Å². The molecule has 1 fully saturated rings. The van der Waals surface area contributed by atoms with Crippen LogP contribution in [0.5, 0.6) is 0 Å². The maximum Gasteiger partial charge on any atom is 0.451 e. The minimum absolute atomic E-state index is 0.0446. The second-order valence-electron chi connectivity index (χ2n) is 10.6. The topological polar surface area (TPSA) is 142 Å². The van der Waals surface area contributed by atoms with Crippen LogP contribution in [-0.2, 0) is 49.5 Å². The summed E-state index contributed by atoms with van der Waals surface area (Å²) in [5.41, 5.74) is -0.986. The average molecular weight is 566 g/mol. The number of alkyl halides is 3. The molecule has 0 radical (unpaired) electrons. The molecule has 0 aromatic carbocycles. The van der Waals surface area contributed by atoms with Crippen molar-refractivity contribution < 1.29 is 22.8 Å². The molecule has 0 saturated heterocycles. The summed E-state index contributed by atoms with van der Waals surface area (Å²) >= 11 is 0. The fraction of sp³-hybridized carbons (Fsp3) is 0.625. The lowest BCUT2D eigenvalue weighted by Crippen LogP contribution is -2.42. The van der Waals surface area contributed by atoms with Crippen LogP contribution in [0.1, 0.15) is 50.2 Å². The predicted molar refractivity (Wildman–Crippen MR) is 134 cm³/mol. The Hall–Kier alpha value is -3.98. The van der Waals surface area contributed by atoms with Gasteiger partial charge in [0.25, 0.3) is 5.56 Å². The van der Waals surface area contributed by atoms with Crippen LogP contribution in [0.4, 0.5) is 13.2 Å². The summed E-state index contributed by atoms with van der Waals surface area (Å²) in [4.78, 5) is 56.4. The highest BCUT2D eigenvalue weighted by Crippen LogP contribution is 2.44. The number of carbonyl (C=O) groups is 2. The van der Waals surface area contributed by atoms with E-state index in [-0.39, 0.29) is 68.7 Å². The maximum absolute atomic E-state index is 13.2. The lowest BCUT2D eigenvalue weighted by atomic mass is 9.78. The summed E-state index contributed by atoms with van der Waals surface area (Å²) in [5, 5.41) is 9.76. The van der Waals surface area contributed by atoms with Crippen molar-refractivity contribution in [3.05, 3.63) is 38.8 Å². The van der Waals surface area contributed by atoms with Crippen molar-refractivity contribution in [3.63, 3.8) is 0 Å². The van der Waals surface area contributed by atoms with Crippen molar-refractivity contribution in [2.45, 2.75) is 64.3 Å². The predicted octanol–water partition coefficient (Wildman–Crippen LogP) is 0.543. The molecule has 0 atom stereocenters. The van der Waals surface area contributed by atoms with Crippen LogP contribution in [-0.4, -0.2) is 63.3 Å². The number of imidazole rings is 1. The number of hydrogen-bond donors (Lipinski definition) is 1. The van der Waals surface area contributed by atoms with E-state index < -0.39 is 28.7 Å². The van der Waals surface area contributed by atoms with Crippen molar-refractivity contribution in [2.75, 3.05) is 13.1 Å². The zero-order valence-corrected chi connectivity index (χ0v) is 22.2. The van der Waals surface area contributed by atoms with Gasteiger partial charge in [-0.05, 0) is 18.3 Å². The molecule has 2 aliphatic rings. The van der Waals surface area contributed by atoms with Gasteiger partial charge in [-0.3, -0.25) is 23.5 Å². The van der Waals surface area contributed by atoms with E-state index in [0.29, 0.717) is 18.5 Å². The number of aromatic nitrogens is 7. The molecule has 1 aliphatic carbocycles. The number of carbonyl (C=O) groups excluding carboxylic acids is 2. The number of amides is 2. The van der Waals surface area contributed by atoms with Gasteiger partial charge in [-0.25, -0.2) is 9.78 Å². The van der Waals surface area contributed by atoms with Crippen LogP contribution in [0.3, 0.4) is 0 Å². The normalized spacial score (nSPS) is 16.9. The molecule has 5 rings (SSSR count). The molecule has 4 heterocycles. The standard InChI is InChI=1S/C24H30F3N9O4/c1-32-19-18(20(39)33(2)22(32)40)29-14-35(19)8-7-28-16(37)11-23(5-3-4-6-23)12-17(38)34-9-10-36-15(13-34)30-31-21(36)24(25,26)27/h14H,3-13H2,1-2H3,(H,28,37). The van der Waals surface area contributed by atoms with Crippen LogP contribution < -0.4 is 16.6 Å². The second kappa shape index (κ2) is 10.2. The van der Waals surface area contributed by atoms with Crippen LogP contribution in [0.25, 0.3) is 11.2 Å². The molecule has 0 spiro atoms. The third-order valence-electron chi connectivity index (χ3n) is 7.97. The Bertz CT molecular complexity index is 1580. The summed E-state index contributed by atoms with van der Waals surface area (Å²) in [5.74, 6) is -1.42. The van der Waals surface area contributed by atoms with Crippen LogP contribution in [0.15, 0.2) is 15.9 Å². The number of nitrogens with one attached hydrogen (secondary N) is 1. The minimum atomic E-state index is -4.61. The molecule has 1 saturated carbocycles. The van der Waals surface area contributed by atoms with Gasteiger partial charge < -0.3 is 19.4 Å². The fourth-order valence-electron chi connectivity index (χ4n) is 5.88. The van der Waals surface area contributed by atoms with E-state index in [4.69, 9.17) is 0 Å². The summed E-state index contributed by atoms with van der Waals surface area (Å²) < 4.78 is 44.4. The van der Waals surface area contributed by atoms with Crippen LogP contribution in [0.2, 0.25) is 0 Å². The number of rotatable bonds is 7. The molecule has 216 valence electrons. The van der Waals surface area contributed by atoms with Gasteiger partial charge in [0, 0.05) is 53.1 Å². The first-order valence-electron chi connectivity index (χ1n) is 13.0. The number of fused-ring (bicyclic) bond motifs is 2. The van der Waals surface area contributed by atoms with Gasteiger partial charge in [-0.2, -0.15) is 13.2 Å². The van der Waals surface area contributed by atoms with Gasteiger partial charge >= 0.3 is 11.9 Å². The molecule has 2 amide bonds. The molecule has 3 aromatic heterocycles. The molecule has 13 nitrogen and oxygen atoms in total. The highest BCUT2D eigenvalue weighted by Gasteiger charge is 2.42. The Balaban J connectivity index is 1.20.